The van der Waals surface area contributed by atoms with E-state index in [1.54, 1.807) is 24.3 Å². The van der Waals surface area contributed by atoms with Crippen LogP contribution in [0.4, 0.5) is 5.69 Å². The molecule has 1 aromatic heterocycles. The first kappa shape index (κ1) is 21.7. The average Bonchev–Trinajstić information content (AvgIpc) is 3.23. The van der Waals surface area contributed by atoms with Crippen molar-refractivity contribution in [3.05, 3.63) is 69.0 Å². The van der Waals surface area contributed by atoms with Crippen molar-refractivity contribution in [2.75, 3.05) is 20.3 Å². The van der Waals surface area contributed by atoms with E-state index in [1.807, 2.05) is 6.07 Å². The van der Waals surface area contributed by atoms with Gasteiger partial charge in [0.1, 0.15) is 23.2 Å². The minimum absolute atomic E-state index is 0.0704. The van der Waals surface area contributed by atoms with Gasteiger partial charge in [-0.1, -0.05) is 12.1 Å². The molecule has 0 spiro atoms. The van der Waals surface area contributed by atoms with Crippen molar-refractivity contribution in [3.63, 3.8) is 0 Å². The van der Waals surface area contributed by atoms with E-state index in [9.17, 15) is 25.0 Å². The molecule has 2 aromatic rings. The van der Waals surface area contributed by atoms with Crippen LogP contribution in [0.25, 0.3) is 17.4 Å². The summed E-state index contributed by atoms with van der Waals surface area (Å²) < 4.78 is 10.7. The van der Waals surface area contributed by atoms with Gasteiger partial charge in [0.25, 0.3) is 17.5 Å². The third-order valence-corrected chi connectivity index (χ3v) is 4.81. The summed E-state index contributed by atoms with van der Waals surface area (Å²) in [6.45, 7) is 2.03. The van der Waals surface area contributed by atoms with Crippen LogP contribution in [-0.4, -0.2) is 41.9 Å². The van der Waals surface area contributed by atoms with Crippen LogP contribution in [0, 0.1) is 21.4 Å². The summed E-state index contributed by atoms with van der Waals surface area (Å²) in [5.74, 6) is -0.456. The number of hydrogen-bond donors (Lipinski definition) is 0. The molecule has 9 nitrogen and oxygen atoms in total. The molecule has 1 aromatic carbocycles. The summed E-state index contributed by atoms with van der Waals surface area (Å²) in [5.41, 5.74) is 0.783. The Balaban J connectivity index is 1.96. The highest BCUT2D eigenvalue weighted by molar-refractivity contribution is 6.19. The van der Waals surface area contributed by atoms with Crippen LogP contribution < -0.4 is 0 Å². The zero-order chi connectivity index (χ0) is 22.5. The fourth-order valence-electron chi connectivity index (χ4n) is 3.20. The second kappa shape index (κ2) is 9.19. The van der Waals surface area contributed by atoms with Gasteiger partial charge in [-0.15, -0.1) is 0 Å². The molecular formula is C22H19N3O6. The summed E-state index contributed by atoms with van der Waals surface area (Å²) in [6.07, 6.45) is 1.91. The predicted octanol–water partition coefficient (Wildman–Crippen LogP) is 3.48. The second-order valence-corrected chi connectivity index (χ2v) is 6.79. The maximum atomic E-state index is 12.9. The van der Waals surface area contributed by atoms with Crippen molar-refractivity contribution in [1.82, 2.24) is 4.90 Å². The van der Waals surface area contributed by atoms with Gasteiger partial charge < -0.3 is 9.15 Å². The molecule has 158 valence electrons. The maximum absolute atomic E-state index is 12.9. The Bertz CT molecular complexity index is 1150. The normalized spacial score (nSPS) is 15.5. The van der Waals surface area contributed by atoms with Crippen LogP contribution in [0.3, 0.4) is 0 Å². The highest BCUT2D eigenvalue weighted by Crippen LogP contribution is 2.30. The van der Waals surface area contributed by atoms with Crippen molar-refractivity contribution in [1.29, 1.82) is 5.26 Å². The second-order valence-electron chi connectivity index (χ2n) is 6.79. The van der Waals surface area contributed by atoms with E-state index >= 15 is 0 Å². The Morgan fingerprint density at radius 2 is 2.03 bits per heavy atom. The number of amides is 2. The van der Waals surface area contributed by atoms with Gasteiger partial charge in [0.05, 0.1) is 4.92 Å². The molecule has 0 N–H and O–H groups in total. The highest BCUT2D eigenvalue weighted by atomic mass is 16.6. The molecule has 31 heavy (non-hydrogen) atoms. The lowest BCUT2D eigenvalue weighted by molar-refractivity contribution is -0.384. The monoisotopic (exact) mass is 421 g/mol. The SMILES string of the molecule is COCCCN1C(=O)C(C#N)=C(C)/C(=C\c2ccc(-c3cccc([N+](=O)[O-])c3)o2)C1=O. The van der Waals surface area contributed by atoms with E-state index in [1.165, 1.54) is 32.2 Å². The van der Waals surface area contributed by atoms with Gasteiger partial charge in [0.15, 0.2) is 0 Å². The number of nitro groups is 1. The standard InChI is InChI=1S/C22H19N3O6/c1-14-18(21(26)24(9-4-10-30-2)22(27)19(14)13-23)12-17-7-8-20(31-17)15-5-3-6-16(11-15)25(28)29/h3,5-8,11-12H,4,9-10H2,1-2H3/b18-12+. The molecule has 0 unspecified atom stereocenters. The zero-order valence-electron chi connectivity index (χ0n) is 17.0. The Hall–Kier alpha value is -4.03. The number of hydrogen-bond acceptors (Lipinski definition) is 7. The molecule has 3 rings (SSSR count). The van der Waals surface area contributed by atoms with E-state index < -0.39 is 16.7 Å². The Labute approximate surface area is 178 Å². The topological polar surface area (TPSA) is 127 Å². The van der Waals surface area contributed by atoms with E-state index in [-0.39, 0.29) is 29.0 Å². The van der Waals surface area contributed by atoms with E-state index in [0.29, 0.717) is 30.1 Å². The molecule has 0 fully saturated rings. The summed E-state index contributed by atoms with van der Waals surface area (Å²) in [4.78, 5) is 37.0. The van der Waals surface area contributed by atoms with E-state index in [2.05, 4.69) is 0 Å². The van der Waals surface area contributed by atoms with Crippen molar-refractivity contribution >= 4 is 23.6 Å². The number of carbonyl (C=O) groups is 2. The zero-order valence-corrected chi connectivity index (χ0v) is 17.0. The largest absolute Gasteiger partial charge is 0.457 e. The number of carbonyl (C=O) groups excluding carboxylic acids is 2. The van der Waals surface area contributed by atoms with Gasteiger partial charge in [0, 0.05) is 43.5 Å². The van der Waals surface area contributed by atoms with Gasteiger partial charge >= 0.3 is 0 Å². The van der Waals surface area contributed by atoms with Crippen LogP contribution in [-0.2, 0) is 14.3 Å². The smallest absolute Gasteiger partial charge is 0.271 e. The van der Waals surface area contributed by atoms with Crippen molar-refractivity contribution in [2.24, 2.45) is 0 Å². The number of nitro benzene ring substituents is 1. The number of imide groups is 1. The summed E-state index contributed by atoms with van der Waals surface area (Å²) >= 11 is 0. The predicted molar refractivity (Wildman–Crippen MR) is 110 cm³/mol. The number of benzene rings is 1. The molecule has 9 heteroatoms. The summed E-state index contributed by atoms with van der Waals surface area (Å²) in [6, 6.07) is 11.1. The first-order chi connectivity index (χ1) is 14.9. The number of non-ortho nitro benzene ring substituents is 1. The molecule has 0 atom stereocenters. The lowest BCUT2D eigenvalue weighted by Crippen LogP contribution is -2.43. The number of methoxy groups -OCH3 is 1. The van der Waals surface area contributed by atoms with Gasteiger partial charge in [-0.3, -0.25) is 24.6 Å². The van der Waals surface area contributed by atoms with Gasteiger partial charge in [0.2, 0.25) is 0 Å². The van der Waals surface area contributed by atoms with Crippen molar-refractivity contribution in [2.45, 2.75) is 13.3 Å². The number of nitrogens with zero attached hydrogens (tertiary/aromatic N) is 3. The Morgan fingerprint density at radius 1 is 1.26 bits per heavy atom. The molecule has 0 radical (unpaired) electrons. The molecule has 0 aliphatic carbocycles. The van der Waals surface area contributed by atoms with Crippen LogP contribution in [0.15, 0.2) is 57.5 Å². The van der Waals surface area contributed by atoms with Crippen molar-refractivity contribution in [3.8, 4) is 17.4 Å². The fourth-order valence-corrected chi connectivity index (χ4v) is 3.20. The molecule has 2 amide bonds. The number of furan rings is 1. The molecule has 2 heterocycles. The van der Waals surface area contributed by atoms with E-state index in [0.717, 1.165) is 4.90 Å². The molecular weight excluding hydrogens is 402 g/mol. The van der Waals surface area contributed by atoms with E-state index in [4.69, 9.17) is 9.15 Å². The summed E-state index contributed by atoms with van der Waals surface area (Å²) in [5, 5.41) is 20.4. The number of nitriles is 1. The molecule has 0 saturated carbocycles. The third-order valence-electron chi connectivity index (χ3n) is 4.81. The first-order valence-corrected chi connectivity index (χ1v) is 9.40. The van der Waals surface area contributed by atoms with Crippen LogP contribution >= 0.6 is 0 Å². The Morgan fingerprint density at radius 3 is 2.71 bits per heavy atom. The first-order valence-electron chi connectivity index (χ1n) is 9.40. The van der Waals surface area contributed by atoms with Crippen LogP contribution in [0.5, 0.6) is 0 Å². The van der Waals surface area contributed by atoms with Gasteiger partial charge in [-0.25, -0.2) is 0 Å². The molecule has 1 aliphatic rings. The number of rotatable bonds is 7. The minimum Gasteiger partial charge on any atom is -0.457 e. The van der Waals surface area contributed by atoms with Crippen LogP contribution in [0.2, 0.25) is 0 Å². The lowest BCUT2D eigenvalue weighted by atomic mass is 9.94. The van der Waals surface area contributed by atoms with Gasteiger partial charge in [-0.05, 0) is 37.1 Å². The van der Waals surface area contributed by atoms with Crippen molar-refractivity contribution < 1.29 is 23.7 Å². The lowest BCUT2D eigenvalue weighted by Gasteiger charge is -2.27. The molecule has 0 saturated heterocycles. The minimum atomic E-state index is -0.630. The third kappa shape index (κ3) is 4.44. The summed E-state index contributed by atoms with van der Waals surface area (Å²) in [7, 11) is 1.52. The van der Waals surface area contributed by atoms with Crippen LogP contribution in [0.1, 0.15) is 19.1 Å². The number of ether oxygens (including phenoxy) is 1. The quantitative estimate of drug-likeness (QED) is 0.220. The molecule has 1 aliphatic heterocycles. The highest BCUT2D eigenvalue weighted by Gasteiger charge is 2.35. The van der Waals surface area contributed by atoms with Gasteiger partial charge in [-0.2, -0.15) is 5.26 Å². The average molecular weight is 421 g/mol. The maximum Gasteiger partial charge on any atom is 0.271 e. The Kier molecular flexibility index (Phi) is 6.43. The fraction of sp³-hybridized carbons (Fsp3) is 0.227. The molecule has 0 bridgehead atoms.